The summed E-state index contributed by atoms with van der Waals surface area (Å²) in [5, 5.41) is 6.34. The summed E-state index contributed by atoms with van der Waals surface area (Å²) < 4.78 is 0. The van der Waals surface area contributed by atoms with Crippen LogP contribution in [0.4, 0.5) is 0 Å². The Balaban J connectivity index is 1.28. The van der Waals surface area contributed by atoms with E-state index < -0.39 is 0 Å². The first kappa shape index (κ1) is 18.0. The third-order valence-electron chi connectivity index (χ3n) is 4.99. The van der Waals surface area contributed by atoms with Crippen LogP contribution in [0.25, 0.3) is 0 Å². The average Bonchev–Trinajstić information content (AvgIpc) is 3.42. The molecule has 26 heavy (non-hydrogen) atoms. The molecule has 4 rings (SSSR count). The first-order valence-corrected chi connectivity index (χ1v) is 11.7. The summed E-state index contributed by atoms with van der Waals surface area (Å²) in [6, 6.07) is 5.94. The van der Waals surface area contributed by atoms with Crippen LogP contribution in [0.15, 0.2) is 34.3 Å². The van der Waals surface area contributed by atoms with Crippen LogP contribution in [0.1, 0.15) is 20.6 Å². The largest absolute Gasteiger partial charge is 0.331 e. The molecule has 0 spiro atoms. The number of thioether (sulfide) groups is 1. The van der Waals surface area contributed by atoms with Gasteiger partial charge in [0.25, 0.3) is 5.91 Å². The Labute approximate surface area is 165 Å². The molecule has 0 bridgehead atoms. The number of amides is 2. The number of quaternary nitrogens is 1. The number of rotatable bonds is 5. The maximum absolute atomic E-state index is 12.4. The third kappa shape index (κ3) is 3.83. The van der Waals surface area contributed by atoms with Crippen molar-refractivity contribution < 1.29 is 14.5 Å². The third-order valence-corrected chi connectivity index (χ3v) is 7.81. The molecule has 1 N–H and O–H groups in total. The van der Waals surface area contributed by atoms with Gasteiger partial charge < -0.3 is 14.7 Å². The number of piperazine rings is 1. The van der Waals surface area contributed by atoms with Crippen molar-refractivity contribution in [2.75, 3.05) is 45.0 Å². The van der Waals surface area contributed by atoms with E-state index in [1.54, 1.807) is 23.1 Å². The molecule has 0 aliphatic carbocycles. The molecule has 2 aliphatic heterocycles. The number of thiophene rings is 2. The van der Waals surface area contributed by atoms with Gasteiger partial charge in [-0.3, -0.25) is 9.59 Å². The van der Waals surface area contributed by atoms with Crippen LogP contribution in [-0.2, 0) is 4.79 Å². The fourth-order valence-electron chi connectivity index (χ4n) is 3.50. The van der Waals surface area contributed by atoms with E-state index in [1.807, 2.05) is 27.3 Å². The maximum Gasteiger partial charge on any atom is 0.264 e. The van der Waals surface area contributed by atoms with Crippen molar-refractivity contribution in [1.29, 1.82) is 0 Å². The van der Waals surface area contributed by atoms with E-state index in [2.05, 4.69) is 16.8 Å². The second kappa shape index (κ2) is 8.12. The van der Waals surface area contributed by atoms with Gasteiger partial charge in [0.05, 0.1) is 49.9 Å². The van der Waals surface area contributed by atoms with E-state index in [0.717, 1.165) is 44.1 Å². The van der Waals surface area contributed by atoms with Gasteiger partial charge in [0.1, 0.15) is 5.37 Å². The predicted octanol–water partition coefficient (Wildman–Crippen LogP) is 1.42. The molecular weight excluding hydrogens is 386 g/mol. The minimum absolute atomic E-state index is 0.155. The van der Waals surface area contributed by atoms with E-state index in [-0.39, 0.29) is 17.2 Å². The average molecular weight is 409 g/mol. The lowest BCUT2D eigenvalue weighted by Crippen LogP contribution is -3.15. The van der Waals surface area contributed by atoms with Gasteiger partial charge >= 0.3 is 0 Å². The summed E-state index contributed by atoms with van der Waals surface area (Å²) in [5.41, 5.74) is 1.24. The molecule has 8 heteroatoms. The molecule has 2 aliphatic rings. The van der Waals surface area contributed by atoms with Crippen LogP contribution in [0.3, 0.4) is 0 Å². The van der Waals surface area contributed by atoms with Crippen LogP contribution in [0, 0.1) is 0 Å². The molecule has 2 amide bonds. The highest BCUT2D eigenvalue weighted by Crippen LogP contribution is 2.38. The summed E-state index contributed by atoms with van der Waals surface area (Å²) in [6.45, 7) is 5.24. The van der Waals surface area contributed by atoms with Crippen LogP contribution in [0.5, 0.6) is 0 Å². The molecule has 4 heterocycles. The Morgan fingerprint density at radius 2 is 2.08 bits per heavy atom. The SMILES string of the molecule is O=C(c1cccs1)N1CC[NH+](CCN2C(=O)CS[C@@H]2c2ccsc2)CC1. The fraction of sp³-hybridized carbons (Fsp3) is 0.444. The quantitative estimate of drug-likeness (QED) is 0.814. The molecule has 5 nitrogen and oxygen atoms in total. The van der Waals surface area contributed by atoms with Gasteiger partial charge in [0.2, 0.25) is 5.91 Å². The molecule has 138 valence electrons. The highest BCUT2D eigenvalue weighted by molar-refractivity contribution is 8.00. The van der Waals surface area contributed by atoms with E-state index in [1.165, 1.54) is 21.8 Å². The van der Waals surface area contributed by atoms with Crippen molar-refractivity contribution in [3.63, 3.8) is 0 Å². The zero-order chi connectivity index (χ0) is 17.9. The summed E-state index contributed by atoms with van der Waals surface area (Å²) in [5.74, 6) is 0.985. The summed E-state index contributed by atoms with van der Waals surface area (Å²) in [6.07, 6.45) is 0. The Kier molecular flexibility index (Phi) is 5.63. The van der Waals surface area contributed by atoms with Gasteiger partial charge in [-0.25, -0.2) is 0 Å². The van der Waals surface area contributed by atoms with E-state index in [0.29, 0.717) is 5.75 Å². The Hall–Kier alpha value is -1.35. The normalized spacial score (nSPS) is 21.5. The number of hydrogen-bond acceptors (Lipinski definition) is 5. The highest BCUT2D eigenvalue weighted by Gasteiger charge is 2.34. The monoisotopic (exact) mass is 408 g/mol. The number of nitrogens with one attached hydrogen (secondary N) is 1. The van der Waals surface area contributed by atoms with Crippen molar-refractivity contribution in [1.82, 2.24) is 9.80 Å². The van der Waals surface area contributed by atoms with Gasteiger partial charge in [0, 0.05) is 0 Å². The molecule has 2 saturated heterocycles. The topological polar surface area (TPSA) is 45.1 Å². The molecule has 0 saturated carbocycles. The van der Waals surface area contributed by atoms with Gasteiger partial charge in [-0.15, -0.1) is 23.1 Å². The lowest BCUT2D eigenvalue weighted by Gasteiger charge is -2.33. The zero-order valence-corrected chi connectivity index (χ0v) is 16.9. The molecule has 0 unspecified atom stereocenters. The van der Waals surface area contributed by atoms with Crippen molar-refractivity contribution in [2.45, 2.75) is 5.37 Å². The summed E-state index contributed by atoms with van der Waals surface area (Å²) in [4.78, 5) is 31.0. The van der Waals surface area contributed by atoms with E-state index in [9.17, 15) is 9.59 Å². The fourth-order valence-corrected chi connectivity index (χ4v) is 6.16. The summed E-state index contributed by atoms with van der Waals surface area (Å²) >= 11 is 4.92. The number of hydrogen-bond donors (Lipinski definition) is 1. The molecule has 1 atom stereocenters. The van der Waals surface area contributed by atoms with E-state index in [4.69, 9.17) is 0 Å². The second-order valence-electron chi connectivity index (χ2n) is 6.58. The highest BCUT2D eigenvalue weighted by atomic mass is 32.2. The van der Waals surface area contributed by atoms with Gasteiger partial charge in [-0.05, 0) is 33.8 Å². The van der Waals surface area contributed by atoms with Crippen LogP contribution >= 0.6 is 34.4 Å². The van der Waals surface area contributed by atoms with Gasteiger partial charge in [-0.1, -0.05) is 6.07 Å². The second-order valence-corrected chi connectivity index (χ2v) is 9.37. The Morgan fingerprint density at radius 3 is 2.77 bits per heavy atom. The molecule has 0 radical (unpaired) electrons. The predicted molar refractivity (Wildman–Crippen MR) is 107 cm³/mol. The smallest absolute Gasteiger partial charge is 0.264 e. The van der Waals surface area contributed by atoms with Crippen molar-refractivity contribution in [2.24, 2.45) is 0 Å². The van der Waals surface area contributed by atoms with Crippen molar-refractivity contribution in [3.8, 4) is 0 Å². The summed E-state index contributed by atoms with van der Waals surface area (Å²) in [7, 11) is 0. The first-order chi connectivity index (χ1) is 12.7. The van der Waals surface area contributed by atoms with Gasteiger partial charge in [-0.2, -0.15) is 11.3 Å². The first-order valence-electron chi connectivity index (χ1n) is 8.82. The van der Waals surface area contributed by atoms with E-state index >= 15 is 0 Å². The molecule has 0 aromatic carbocycles. The standard InChI is InChI=1S/C18H21N3O2S3/c22-16-13-26-18(14-3-11-24-12-14)21(16)9-6-19-4-7-20(8-5-19)17(23)15-2-1-10-25-15/h1-3,10-12,18H,4-9,13H2/p+1/t18-/m1/s1. The molecule has 2 aromatic rings. The molecule has 2 fully saturated rings. The van der Waals surface area contributed by atoms with Gasteiger partial charge in [0.15, 0.2) is 0 Å². The van der Waals surface area contributed by atoms with Crippen LogP contribution in [-0.4, -0.2) is 66.6 Å². The number of carbonyl (C=O) groups excluding carboxylic acids is 2. The van der Waals surface area contributed by atoms with Crippen molar-refractivity contribution >= 4 is 46.2 Å². The lowest BCUT2D eigenvalue weighted by molar-refractivity contribution is -0.903. The lowest BCUT2D eigenvalue weighted by atomic mass is 10.2. The number of nitrogens with zero attached hydrogens (tertiary/aromatic N) is 2. The minimum atomic E-state index is 0.155. The molecule has 2 aromatic heterocycles. The number of carbonyl (C=O) groups is 2. The van der Waals surface area contributed by atoms with Crippen molar-refractivity contribution in [3.05, 3.63) is 44.8 Å². The Bertz CT molecular complexity index is 740. The Morgan fingerprint density at radius 1 is 1.23 bits per heavy atom. The maximum atomic E-state index is 12.4. The molecular formula is C18H22N3O2S3+. The van der Waals surface area contributed by atoms with Crippen LogP contribution in [0.2, 0.25) is 0 Å². The minimum Gasteiger partial charge on any atom is -0.331 e. The van der Waals surface area contributed by atoms with Crippen LogP contribution < -0.4 is 4.90 Å². The zero-order valence-electron chi connectivity index (χ0n) is 14.4.